The van der Waals surface area contributed by atoms with Crippen LogP contribution in [0, 0.1) is 0 Å². The molecule has 0 saturated heterocycles. The fourth-order valence-corrected chi connectivity index (χ4v) is 4.30. The summed E-state index contributed by atoms with van der Waals surface area (Å²) in [6.45, 7) is 0.515. The lowest BCUT2D eigenvalue weighted by Gasteiger charge is -2.34. The van der Waals surface area contributed by atoms with Crippen molar-refractivity contribution in [3.05, 3.63) is 46.6 Å². The number of ether oxygens (including phenoxy) is 2. The molecule has 30 heavy (non-hydrogen) atoms. The van der Waals surface area contributed by atoms with E-state index in [4.69, 9.17) is 14.6 Å². The van der Waals surface area contributed by atoms with Gasteiger partial charge in [0.25, 0.3) is 0 Å². The highest BCUT2D eigenvalue weighted by Crippen LogP contribution is 2.39. The number of hydrogen-bond donors (Lipinski definition) is 3. The van der Waals surface area contributed by atoms with Gasteiger partial charge in [0.15, 0.2) is 5.82 Å². The van der Waals surface area contributed by atoms with Gasteiger partial charge in [-0.1, -0.05) is 0 Å². The van der Waals surface area contributed by atoms with Crippen molar-refractivity contribution >= 4 is 33.4 Å². The Morgan fingerprint density at radius 1 is 1.33 bits per heavy atom. The molecule has 0 spiro atoms. The number of carboxylic acid groups (broad SMARTS) is 1. The van der Waals surface area contributed by atoms with Crippen LogP contribution in [0.3, 0.4) is 0 Å². The highest BCUT2D eigenvalue weighted by Gasteiger charge is 2.35. The topological polar surface area (TPSA) is 110 Å². The van der Waals surface area contributed by atoms with E-state index in [1.165, 1.54) is 0 Å². The summed E-state index contributed by atoms with van der Waals surface area (Å²) in [5, 5.41) is 14.8. The molecule has 10 heteroatoms. The van der Waals surface area contributed by atoms with E-state index in [2.05, 4.69) is 36.5 Å². The van der Waals surface area contributed by atoms with E-state index in [0.717, 1.165) is 41.2 Å². The Bertz CT molecular complexity index is 1080. The maximum atomic E-state index is 10.8. The zero-order valence-corrected chi connectivity index (χ0v) is 18.1. The zero-order chi connectivity index (χ0) is 21.3. The molecule has 3 N–H and O–H groups in total. The van der Waals surface area contributed by atoms with E-state index >= 15 is 0 Å². The van der Waals surface area contributed by atoms with Gasteiger partial charge in [-0.15, -0.1) is 0 Å². The molecule has 0 bridgehead atoms. The number of rotatable bonds is 7. The van der Waals surface area contributed by atoms with Crippen LogP contribution in [0.25, 0.3) is 5.52 Å². The molecule has 1 fully saturated rings. The predicted octanol–water partition coefficient (Wildman–Crippen LogP) is 3.63. The van der Waals surface area contributed by atoms with Gasteiger partial charge in [-0.3, -0.25) is 4.40 Å². The van der Waals surface area contributed by atoms with E-state index in [1.807, 2.05) is 28.8 Å². The van der Waals surface area contributed by atoms with Gasteiger partial charge in [0.1, 0.15) is 27.4 Å². The average Bonchev–Trinajstić information content (AvgIpc) is 3.05. The second-order valence-corrected chi connectivity index (χ2v) is 7.85. The minimum absolute atomic E-state index is 0.0272. The summed E-state index contributed by atoms with van der Waals surface area (Å²) >= 11 is 3.56. The smallest absolute Gasteiger partial charge is 0.404 e. The summed E-state index contributed by atoms with van der Waals surface area (Å²) in [4.78, 5) is 20.0. The first-order valence-electron chi connectivity index (χ1n) is 9.46. The molecule has 0 radical (unpaired) electrons. The van der Waals surface area contributed by atoms with E-state index in [1.54, 1.807) is 20.4 Å². The van der Waals surface area contributed by atoms with Crippen LogP contribution in [0.5, 0.6) is 11.5 Å². The van der Waals surface area contributed by atoms with Crippen molar-refractivity contribution in [2.24, 2.45) is 0 Å². The number of imidazole rings is 1. The van der Waals surface area contributed by atoms with Crippen molar-refractivity contribution in [2.45, 2.75) is 31.3 Å². The largest absolute Gasteiger partial charge is 0.497 e. The van der Waals surface area contributed by atoms with Crippen LogP contribution in [-0.4, -0.2) is 45.8 Å². The molecule has 0 unspecified atom stereocenters. The summed E-state index contributed by atoms with van der Waals surface area (Å²) in [6, 6.07) is 5.65. The molecule has 1 aliphatic carbocycles. The van der Waals surface area contributed by atoms with Gasteiger partial charge in [-0.25, -0.2) is 14.8 Å². The van der Waals surface area contributed by atoms with Crippen molar-refractivity contribution in [3.63, 3.8) is 0 Å². The Kier molecular flexibility index (Phi) is 5.67. The molecule has 1 aromatic carbocycles. The van der Waals surface area contributed by atoms with E-state index in [0.29, 0.717) is 17.0 Å². The summed E-state index contributed by atoms with van der Waals surface area (Å²) < 4.78 is 13.4. The first-order valence-corrected chi connectivity index (χ1v) is 10.3. The fraction of sp³-hybridized carbons (Fsp3) is 0.350. The van der Waals surface area contributed by atoms with Crippen molar-refractivity contribution < 1.29 is 19.4 Å². The Balaban J connectivity index is 1.55. The summed E-state index contributed by atoms with van der Waals surface area (Å²) in [6.07, 6.45) is 4.07. The number of methoxy groups -OCH3 is 2. The van der Waals surface area contributed by atoms with Crippen molar-refractivity contribution in [1.82, 2.24) is 19.7 Å². The SMILES string of the molecule is COc1ccc(CNc2nccn3c2c(Br)nc3[C@H]2C[C@H](NC(=O)O)C2)c(OC)c1. The Hall–Kier alpha value is -3.01. The molecule has 9 nitrogen and oxygen atoms in total. The number of anilines is 1. The Morgan fingerprint density at radius 2 is 2.13 bits per heavy atom. The van der Waals surface area contributed by atoms with Gasteiger partial charge >= 0.3 is 6.09 Å². The third kappa shape index (κ3) is 3.87. The Morgan fingerprint density at radius 3 is 2.83 bits per heavy atom. The third-order valence-electron chi connectivity index (χ3n) is 5.31. The molecule has 3 aromatic rings. The molecule has 4 rings (SSSR count). The van der Waals surface area contributed by atoms with Crippen LogP contribution >= 0.6 is 15.9 Å². The van der Waals surface area contributed by atoms with Gasteiger partial charge in [-0.05, 0) is 40.9 Å². The highest BCUT2D eigenvalue weighted by atomic mass is 79.9. The quantitative estimate of drug-likeness (QED) is 0.478. The van der Waals surface area contributed by atoms with E-state index in [-0.39, 0.29) is 12.0 Å². The van der Waals surface area contributed by atoms with Crippen LogP contribution in [-0.2, 0) is 6.54 Å². The second kappa shape index (κ2) is 8.39. The summed E-state index contributed by atoms with van der Waals surface area (Å²) in [5.41, 5.74) is 1.81. The van der Waals surface area contributed by atoms with Gasteiger partial charge in [0.05, 0.1) is 14.2 Å². The Labute approximate surface area is 181 Å². The lowest BCUT2D eigenvalue weighted by atomic mass is 9.80. The molecule has 158 valence electrons. The van der Waals surface area contributed by atoms with Crippen LogP contribution in [0.4, 0.5) is 10.6 Å². The number of halogens is 1. The third-order valence-corrected chi connectivity index (χ3v) is 5.86. The minimum Gasteiger partial charge on any atom is -0.497 e. The first kappa shape index (κ1) is 20.3. The summed E-state index contributed by atoms with van der Waals surface area (Å²) in [5.74, 6) is 3.25. The van der Waals surface area contributed by atoms with Crippen LogP contribution in [0.2, 0.25) is 0 Å². The zero-order valence-electron chi connectivity index (χ0n) is 16.6. The van der Waals surface area contributed by atoms with Gasteiger partial charge in [-0.2, -0.15) is 0 Å². The minimum atomic E-state index is -0.989. The van der Waals surface area contributed by atoms with Crippen LogP contribution < -0.4 is 20.1 Å². The van der Waals surface area contributed by atoms with Crippen molar-refractivity contribution in [2.75, 3.05) is 19.5 Å². The molecule has 0 atom stereocenters. The standard InChI is InChI=1S/C20H22BrN5O4/c1-29-14-4-3-11(15(9-14)30-2)10-23-18-16-17(21)25-19(26(16)6-5-22-18)12-7-13(8-12)24-20(27)28/h3-6,9,12-13,24H,7-8,10H2,1-2H3,(H,22,23)(H,27,28)/t12-,13-. The first-order chi connectivity index (χ1) is 14.5. The number of amides is 1. The van der Waals surface area contributed by atoms with Crippen molar-refractivity contribution in [3.8, 4) is 11.5 Å². The van der Waals surface area contributed by atoms with Gasteiger partial charge < -0.3 is 25.2 Å². The predicted molar refractivity (Wildman–Crippen MR) is 114 cm³/mol. The molecule has 1 amide bonds. The van der Waals surface area contributed by atoms with E-state index in [9.17, 15) is 4.79 Å². The summed E-state index contributed by atoms with van der Waals surface area (Å²) in [7, 11) is 3.25. The number of aromatic nitrogens is 3. The number of fused-ring (bicyclic) bond motifs is 1. The van der Waals surface area contributed by atoms with Crippen molar-refractivity contribution in [1.29, 1.82) is 0 Å². The lowest BCUT2D eigenvalue weighted by molar-refractivity contribution is 0.177. The number of carbonyl (C=O) groups is 1. The maximum Gasteiger partial charge on any atom is 0.404 e. The highest BCUT2D eigenvalue weighted by molar-refractivity contribution is 9.10. The van der Waals surface area contributed by atoms with Crippen LogP contribution in [0.1, 0.15) is 30.1 Å². The molecule has 2 aromatic heterocycles. The van der Waals surface area contributed by atoms with Gasteiger partial charge in [0.2, 0.25) is 0 Å². The molecule has 2 heterocycles. The number of nitrogens with zero attached hydrogens (tertiary/aromatic N) is 3. The monoisotopic (exact) mass is 475 g/mol. The molecular weight excluding hydrogens is 454 g/mol. The average molecular weight is 476 g/mol. The molecule has 1 aliphatic rings. The number of nitrogens with one attached hydrogen (secondary N) is 2. The van der Waals surface area contributed by atoms with Gasteiger partial charge in [0, 0.05) is 42.5 Å². The maximum absolute atomic E-state index is 10.8. The number of benzene rings is 1. The van der Waals surface area contributed by atoms with Crippen LogP contribution in [0.15, 0.2) is 35.2 Å². The molecule has 1 saturated carbocycles. The normalized spacial score (nSPS) is 18.0. The number of hydrogen-bond acceptors (Lipinski definition) is 6. The second-order valence-electron chi connectivity index (χ2n) is 7.10. The fourth-order valence-electron chi connectivity index (χ4n) is 3.74. The molecule has 0 aliphatic heterocycles. The van der Waals surface area contributed by atoms with E-state index < -0.39 is 6.09 Å². The molecular formula is C20H22BrN5O4. The lowest BCUT2D eigenvalue weighted by Crippen LogP contribution is -2.43.